The van der Waals surface area contributed by atoms with Gasteiger partial charge in [0.15, 0.2) is 0 Å². The third-order valence-corrected chi connectivity index (χ3v) is 4.93. The fourth-order valence-corrected chi connectivity index (χ4v) is 3.83. The summed E-state index contributed by atoms with van der Waals surface area (Å²) in [6.07, 6.45) is 7.12. The van der Waals surface area contributed by atoms with Crippen LogP contribution in [0, 0.1) is 0 Å². The summed E-state index contributed by atoms with van der Waals surface area (Å²) in [5, 5.41) is 3.83. The average molecular weight is 310 g/mol. The molecule has 1 saturated carbocycles. The van der Waals surface area contributed by atoms with Gasteiger partial charge in [-0.25, -0.2) is 0 Å². The van der Waals surface area contributed by atoms with Crippen LogP contribution in [0.5, 0.6) is 5.75 Å². The van der Waals surface area contributed by atoms with Crippen LogP contribution in [-0.4, -0.2) is 25.4 Å². The second kappa shape index (κ2) is 6.55. The van der Waals surface area contributed by atoms with Crippen molar-refractivity contribution in [2.75, 3.05) is 13.7 Å². The molecule has 1 atom stereocenters. The molecular formula is C17H24ClNO2. The van der Waals surface area contributed by atoms with Crippen molar-refractivity contribution < 1.29 is 9.47 Å². The molecule has 1 aromatic carbocycles. The molecule has 0 aromatic heterocycles. The summed E-state index contributed by atoms with van der Waals surface area (Å²) in [6.45, 7) is 1.63. The molecule has 0 radical (unpaired) electrons. The lowest BCUT2D eigenvalue weighted by Crippen LogP contribution is -2.41. The van der Waals surface area contributed by atoms with Crippen LogP contribution in [0.4, 0.5) is 0 Å². The summed E-state index contributed by atoms with van der Waals surface area (Å²) in [7, 11) is 1.93. The quantitative estimate of drug-likeness (QED) is 0.914. The van der Waals surface area contributed by atoms with Crippen LogP contribution in [0.2, 0.25) is 5.02 Å². The fourth-order valence-electron chi connectivity index (χ4n) is 3.58. The second-order valence-electron chi connectivity index (χ2n) is 6.27. The van der Waals surface area contributed by atoms with Crippen LogP contribution in [0.15, 0.2) is 18.2 Å². The Morgan fingerprint density at radius 2 is 2.19 bits per heavy atom. The number of hydrogen-bond donors (Lipinski definition) is 1. The molecule has 1 saturated heterocycles. The number of ether oxygens (including phenoxy) is 2. The zero-order chi connectivity index (χ0) is 14.7. The first kappa shape index (κ1) is 15.1. The molecule has 1 aromatic rings. The highest BCUT2D eigenvalue weighted by atomic mass is 35.5. The summed E-state index contributed by atoms with van der Waals surface area (Å²) in [5.41, 5.74) is 1.26. The first-order chi connectivity index (χ1) is 10.2. The van der Waals surface area contributed by atoms with Crippen molar-refractivity contribution in [3.63, 3.8) is 0 Å². The SMILES string of the molecule is CNCc1ccc(OC2CCOC3(CCCC3)C2)c(Cl)c1. The van der Waals surface area contributed by atoms with Gasteiger partial charge in [0.1, 0.15) is 11.9 Å². The molecule has 1 spiro atoms. The van der Waals surface area contributed by atoms with E-state index in [-0.39, 0.29) is 11.7 Å². The molecule has 2 fully saturated rings. The molecule has 1 N–H and O–H groups in total. The first-order valence-corrected chi connectivity index (χ1v) is 8.32. The Bertz CT molecular complexity index is 486. The maximum absolute atomic E-state index is 6.35. The van der Waals surface area contributed by atoms with E-state index in [1.54, 1.807) is 0 Å². The van der Waals surface area contributed by atoms with Gasteiger partial charge in [-0.3, -0.25) is 0 Å². The first-order valence-electron chi connectivity index (χ1n) is 7.94. The number of benzene rings is 1. The Balaban J connectivity index is 1.65. The van der Waals surface area contributed by atoms with Crippen LogP contribution in [-0.2, 0) is 11.3 Å². The van der Waals surface area contributed by atoms with Gasteiger partial charge in [-0.1, -0.05) is 30.5 Å². The molecule has 3 rings (SSSR count). The highest BCUT2D eigenvalue weighted by Gasteiger charge is 2.40. The lowest BCUT2D eigenvalue weighted by Gasteiger charge is -2.38. The van der Waals surface area contributed by atoms with E-state index < -0.39 is 0 Å². The molecule has 21 heavy (non-hydrogen) atoms. The van der Waals surface area contributed by atoms with E-state index >= 15 is 0 Å². The van der Waals surface area contributed by atoms with Crippen molar-refractivity contribution in [2.45, 2.75) is 56.8 Å². The molecule has 1 aliphatic carbocycles. The maximum Gasteiger partial charge on any atom is 0.138 e. The van der Waals surface area contributed by atoms with Crippen LogP contribution < -0.4 is 10.1 Å². The smallest absolute Gasteiger partial charge is 0.138 e. The van der Waals surface area contributed by atoms with Gasteiger partial charge in [-0.2, -0.15) is 0 Å². The summed E-state index contributed by atoms with van der Waals surface area (Å²) >= 11 is 6.35. The van der Waals surface area contributed by atoms with Crippen molar-refractivity contribution in [3.05, 3.63) is 28.8 Å². The van der Waals surface area contributed by atoms with Crippen molar-refractivity contribution >= 4 is 11.6 Å². The van der Waals surface area contributed by atoms with E-state index in [4.69, 9.17) is 21.1 Å². The molecule has 0 amide bonds. The molecule has 3 nitrogen and oxygen atoms in total. The predicted molar refractivity (Wildman–Crippen MR) is 85.0 cm³/mol. The minimum absolute atomic E-state index is 0.0848. The molecule has 1 unspecified atom stereocenters. The van der Waals surface area contributed by atoms with E-state index in [0.29, 0.717) is 5.02 Å². The molecule has 1 aliphatic heterocycles. The summed E-state index contributed by atoms with van der Waals surface area (Å²) in [5.74, 6) is 0.802. The van der Waals surface area contributed by atoms with E-state index in [9.17, 15) is 0 Å². The van der Waals surface area contributed by atoms with Gasteiger partial charge >= 0.3 is 0 Å². The summed E-state index contributed by atoms with van der Waals surface area (Å²) in [4.78, 5) is 0. The van der Waals surface area contributed by atoms with Crippen molar-refractivity contribution in [3.8, 4) is 5.75 Å². The Hall–Kier alpha value is -0.770. The van der Waals surface area contributed by atoms with Gasteiger partial charge < -0.3 is 14.8 Å². The van der Waals surface area contributed by atoms with Crippen LogP contribution in [0.3, 0.4) is 0 Å². The Morgan fingerprint density at radius 3 is 2.90 bits per heavy atom. The van der Waals surface area contributed by atoms with E-state index in [1.165, 1.54) is 31.2 Å². The zero-order valence-corrected chi connectivity index (χ0v) is 13.4. The molecule has 1 heterocycles. The minimum Gasteiger partial charge on any atom is -0.489 e. The highest BCUT2D eigenvalue weighted by molar-refractivity contribution is 6.32. The van der Waals surface area contributed by atoms with Crippen LogP contribution in [0.25, 0.3) is 0 Å². The van der Waals surface area contributed by atoms with Gasteiger partial charge in [0.05, 0.1) is 17.2 Å². The predicted octanol–water partition coefficient (Wildman–Crippen LogP) is 3.93. The van der Waals surface area contributed by atoms with Crippen molar-refractivity contribution in [1.29, 1.82) is 0 Å². The van der Waals surface area contributed by atoms with Crippen LogP contribution >= 0.6 is 11.6 Å². The fraction of sp³-hybridized carbons (Fsp3) is 0.647. The molecule has 116 valence electrons. The van der Waals surface area contributed by atoms with Gasteiger partial charge in [0, 0.05) is 19.4 Å². The van der Waals surface area contributed by atoms with Crippen molar-refractivity contribution in [2.24, 2.45) is 0 Å². The highest BCUT2D eigenvalue weighted by Crippen LogP contribution is 2.41. The van der Waals surface area contributed by atoms with Gasteiger partial charge in [0.25, 0.3) is 0 Å². The van der Waals surface area contributed by atoms with Crippen molar-refractivity contribution in [1.82, 2.24) is 5.32 Å². The summed E-state index contributed by atoms with van der Waals surface area (Å²) in [6, 6.07) is 6.05. The van der Waals surface area contributed by atoms with Gasteiger partial charge in [-0.05, 0) is 37.6 Å². The third-order valence-electron chi connectivity index (χ3n) is 4.63. The number of nitrogens with one attached hydrogen (secondary N) is 1. The normalized spacial score (nSPS) is 24.4. The van der Waals surface area contributed by atoms with Crippen LogP contribution in [0.1, 0.15) is 44.1 Å². The standard InChI is InChI=1S/C17H24ClNO2/c1-19-12-13-4-5-16(15(18)10-13)21-14-6-9-20-17(11-14)7-2-3-8-17/h4-5,10,14,19H,2-3,6-9,11-12H2,1H3. The average Bonchev–Trinajstić information content (AvgIpc) is 2.90. The zero-order valence-electron chi connectivity index (χ0n) is 12.7. The minimum atomic E-state index is 0.0848. The number of hydrogen-bond acceptors (Lipinski definition) is 3. The van der Waals surface area contributed by atoms with E-state index in [1.807, 2.05) is 19.2 Å². The Morgan fingerprint density at radius 1 is 1.38 bits per heavy atom. The monoisotopic (exact) mass is 309 g/mol. The number of rotatable bonds is 4. The number of halogens is 1. The molecular weight excluding hydrogens is 286 g/mol. The lowest BCUT2D eigenvalue weighted by molar-refractivity contribution is -0.108. The van der Waals surface area contributed by atoms with Gasteiger partial charge in [0.2, 0.25) is 0 Å². The Labute approximate surface area is 132 Å². The van der Waals surface area contributed by atoms with E-state index in [0.717, 1.165) is 31.7 Å². The molecule has 4 heteroatoms. The van der Waals surface area contributed by atoms with E-state index in [2.05, 4.69) is 11.4 Å². The maximum atomic E-state index is 6.35. The summed E-state index contributed by atoms with van der Waals surface area (Å²) < 4.78 is 12.2. The second-order valence-corrected chi connectivity index (χ2v) is 6.67. The topological polar surface area (TPSA) is 30.5 Å². The Kier molecular flexibility index (Phi) is 4.72. The molecule has 0 bridgehead atoms. The third kappa shape index (κ3) is 3.53. The van der Waals surface area contributed by atoms with Gasteiger partial charge in [-0.15, -0.1) is 0 Å². The lowest BCUT2D eigenvalue weighted by atomic mass is 9.90. The molecule has 2 aliphatic rings. The largest absolute Gasteiger partial charge is 0.489 e.